The summed E-state index contributed by atoms with van der Waals surface area (Å²) in [4.78, 5) is 8.89. The van der Waals surface area contributed by atoms with E-state index in [1.807, 2.05) is 26.1 Å². The molecule has 1 atom stereocenters. The highest BCUT2D eigenvalue weighted by Crippen LogP contribution is 2.31. The lowest BCUT2D eigenvalue weighted by atomic mass is 10.2. The number of nitrogens with zero attached hydrogens (tertiary/aromatic N) is 3. The van der Waals surface area contributed by atoms with Gasteiger partial charge in [-0.25, -0.2) is 0 Å². The Labute approximate surface area is 195 Å². The predicted molar refractivity (Wildman–Crippen MR) is 128 cm³/mol. The van der Waals surface area contributed by atoms with E-state index in [-0.39, 0.29) is 35.8 Å². The van der Waals surface area contributed by atoms with Crippen molar-refractivity contribution in [1.82, 2.24) is 15.5 Å². The van der Waals surface area contributed by atoms with Gasteiger partial charge in [0.25, 0.3) is 0 Å². The summed E-state index contributed by atoms with van der Waals surface area (Å²) >= 11 is 0. The standard InChI is InChI=1S/C20H33F2N5O2.HI/c1-4-23-20(24-10-12-26(2)13-14-28-3)25-16-9-11-27(15-16)17-7-5-6-8-18(17)29-19(21)22;/h5-8,16,19H,4,9-15H2,1-3H3,(H2,23,24,25);1H. The van der Waals surface area contributed by atoms with E-state index in [0.717, 1.165) is 38.6 Å². The van der Waals surface area contributed by atoms with Crippen LogP contribution in [0.2, 0.25) is 0 Å². The van der Waals surface area contributed by atoms with E-state index < -0.39 is 6.61 Å². The number of rotatable bonds is 11. The molecule has 1 heterocycles. The van der Waals surface area contributed by atoms with Gasteiger partial charge in [0.05, 0.1) is 18.8 Å². The Morgan fingerprint density at radius 1 is 1.33 bits per heavy atom. The summed E-state index contributed by atoms with van der Waals surface area (Å²) in [6.07, 6.45) is 0.890. The Hall–Kier alpha value is -1.40. The van der Waals surface area contributed by atoms with Crippen LogP contribution in [0.1, 0.15) is 13.3 Å². The number of benzene rings is 1. The summed E-state index contributed by atoms with van der Waals surface area (Å²) in [5.41, 5.74) is 0.693. The minimum atomic E-state index is -2.83. The van der Waals surface area contributed by atoms with Crippen LogP contribution in [0, 0.1) is 0 Å². The molecule has 2 N–H and O–H groups in total. The van der Waals surface area contributed by atoms with Crippen molar-refractivity contribution in [2.75, 3.05) is 64.9 Å². The number of guanidine groups is 1. The van der Waals surface area contributed by atoms with Gasteiger partial charge in [0.15, 0.2) is 5.96 Å². The number of hydrogen-bond acceptors (Lipinski definition) is 5. The normalized spacial score (nSPS) is 16.7. The Balaban J connectivity index is 0.00000450. The number of ether oxygens (including phenoxy) is 2. The van der Waals surface area contributed by atoms with Gasteiger partial charge in [0.1, 0.15) is 5.75 Å². The first kappa shape index (κ1) is 26.6. The maximum atomic E-state index is 12.7. The van der Waals surface area contributed by atoms with Crippen LogP contribution in [0.15, 0.2) is 29.3 Å². The van der Waals surface area contributed by atoms with E-state index in [9.17, 15) is 8.78 Å². The van der Waals surface area contributed by atoms with Crippen LogP contribution >= 0.6 is 24.0 Å². The Morgan fingerprint density at radius 2 is 2.10 bits per heavy atom. The molecule has 30 heavy (non-hydrogen) atoms. The predicted octanol–water partition coefficient (Wildman–Crippen LogP) is 2.62. The number of aliphatic imine (C=N–C) groups is 1. The van der Waals surface area contributed by atoms with Crippen LogP contribution in [0.5, 0.6) is 5.75 Å². The van der Waals surface area contributed by atoms with Gasteiger partial charge in [-0.1, -0.05) is 12.1 Å². The van der Waals surface area contributed by atoms with Crippen LogP contribution in [0.25, 0.3) is 0 Å². The average molecular weight is 541 g/mol. The van der Waals surface area contributed by atoms with Crippen molar-refractivity contribution in [3.63, 3.8) is 0 Å². The number of para-hydroxylation sites is 2. The molecule has 1 unspecified atom stereocenters. The second-order valence-corrected chi connectivity index (χ2v) is 6.98. The zero-order chi connectivity index (χ0) is 21.1. The van der Waals surface area contributed by atoms with Crippen molar-refractivity contribution in [2.24, 2.45) is 4.99 Å². The first-order valence-corrected chi connectivity index (χ1v) is 10.0. The van der Waals surface area contributed by atoms with Crippen LogP contribution < -0.4 is 20.3 Å². The highest BCUT2D eigenvalue weighted by atomic mass is 127. The van der Waals surface area contributed by atoms with Crippen molar-refractivity contribution >= 4 is 35.6 Å². The molecule has 0 aromatic heterocycles. The molecule has 2 rings (SSSR count). The van der Waals surface area contributed by atoms with E-state index in [4.69, 9.17) is 4.74 Å². The molecule has 0 bridgehead atoms. The molecule has 0 spiro atoms. The topological polar surface area (TPSA) is 61.4 Å². The number of likely N-dealkylation sites (N-methyl/N-ethyl adjacent to an activating group) is 1. The van der Waals surface area contributed by atoms with Gasteiger partial charge < -0.3 is 29.9 Å². The summed E-state index contributed by atoms with van der Waals surface area (Å²) < 4.78 is 35.1. The molecule has 0 saturated carbocycles. The summed E-state index contributed by atoms with van der Waals surface area (Å²) in [5, 5.41) is 6.73. The SMILES string of the molecule is CCNC(=NCCN(C)CCOC)NC1CCN(c2ccccc2OC(F)F)C1.I. The Morgan fingerprint density at radius 3 is 2.80 bits per heavy atom. The van der Waals surface area contributed by atoms with E-state index >= 15 is 0 Å². The summed E-state index contributed by atoms with van der Waals surface area (Å²) in [6, 6.07) is 7.11. The van der Waals surface area contributed by atoms with Crippen molar-refractivity contribution in [3.8, 4) is 5.75 Å². The molecule has 0 radical (unpaired) electrons. The third-order valence-corrected chi connectivity index (χ3v) is 4.72. The van der Waals surface area contributed by atoms with E-state index in [0.29, 0.717) is 25.4 Å². The molecule has 1 aromatic rings. The van der Waals surface area contributed by atoms with Crippen molar-refractivity contribution in [2.45, 2.75) is 26.0 Å². The van der Waals surface area contributed by atoms with Crippen LogP contribution in [-0.2, 0) is 4.74 Å². The maximum absolute atomic E-state index is 12.7. The van der Waals surface area contributed by atoms with E-state index in [1.54, 1.807) is 19.2 Å². The number of anilines is 1. The third kappa shape index (κ3) is 9.17. The van der Waals surface area contributed by atoms with E-state index in [2.05, 4.69) is 30.2 Å². The first-order chi connectivity index (χ1) is 14.0. The smallest absolute Gasteiger partial charge is 0.387 e. The highest BCUT2D eigenvalue weighted by molar-refractivity contribution is 14.0. The number of nitrogens with one attached hydrogen (secondary N) is 2. The quantitative estimate of drug-likeness (QED) is 0.255. The minimum absolute atomic E-state index is 0. The molecule has 1 aliphatic rings. The number of methoxy groups -OCH3 is 1. The molecule has 1 aromatic carbocycles. The van der Waals surface area contributed by atoms with Gasteiger partial charge in [-0.05, 0) is 32.5 Å². The molecule has 1 saturated heterocycles. The summed E-state index contributed by atoms with van der Waals surface area (Å²) in [5.74, 6) is 0.986. The molecular formula is C20H34F2IN5O2. The maximum Gasteiger partial charge on any atom is 0.387 e. The fourth-order valence-electron chi connectivity index (χ4n) is 3.22. The molecule has 7 nitrogen and oxygen atoms in total. The van der Waals surface area contributed by atoms with Gasteiger partial charge in [0.2, 0.25) is 0 Å². The monoisotopic (exact) mass is 541 g/mol. The molecule has 1 aliphatic heterocycles. The largest absolute Gasteiger partial charge is 0.433 e. The number of halogens is 3. The average Bonchev–Trinajstić information content (AvgIpc) is 3.14. The lowest BCUT2D eigenvalue weighted by Gasteiger charge is -2.22. The second kappa shape index (κ2) is 14.6. The lowest BCUT2D eigenvalue weighted by molar-refractivity contribution is -0.0495. The fourth-order valence-corrected chi connectivity index (χ4v) is 3.22. The van der Waals surface area contributed by atoms with Crippen molar-refractivity contribution in [3.05, 3.63) is 24.3 Å². The number of hydrogen-bond donors (Lipinski definition) is 2. The zero-order valence-electron chi connectivity index (χ0n) is 17.9. The second-order valence-electron chi connectivity index (χ2n) is 6.98. The van der Waals surface area contributed by atoms with Crippen LogP contribution in [-0.4, -0.2) is 83.5 Å². The van der Waals surface area contributed by atoms with Gasteiger partial charge in [-0.3, -0.25) is 4.99 Å². The Kier molecular flexibility index (Phi) is 12.9. The number of alkyl halides is 2. The molecule has 10 heteroatoms. The third-order valence-electron chi connectivity index (χ3n) is 4.72. The highest BCUT2D eigenvalue weighted by Gasteiger charge is 2.26. The lowest BCUT2D eigenvalue weighted by Crippen LogP contribution is -2.45. The summed E-state index contributed by atoms with van der Waals surface area (Å²) in [6.45, 7) is 4.52. The van der Waals surface area contributed by atoms with Crippen molar-refractivity contribution < 1.29 is 18.3 Å². The van der Waals surface area contributed by atoms with Crippen molar-refractivity contribution in [1.29, 1.82) is 0 Å². The van der Waals surface area contributed by atoms with Gasteiger partial charge >= 0.3 is 6.61 Å². The van der Waals surface area contributed by atoms with Gasteiger partial charge in [-0.15, -0.1) is 24.0 Å². The first-order valence-electron chi connectivity index (χ1n) is 10.0. The molecule has 1 fully saturated rings. The van der Waals surface area contributed by atoms with Gasteiger partial charge in [0, 0.05) is 45.9 Å². The van der Waals surface area contributed by atoms with Gasteiger partial charge in [-0.2, -0.15) is 8.78 Å². The van der Waals surface area contributed by atoms with Crippen LogP contribution in [0.4, 0.5) is 14.5 Å². The molecule has 0 amide bonds. The Bertz CT molecular complexity index is 639. The minimum Gasteiger partial charge on any atom is -0.433 e. The molecule has 0 aliphatic carbocycles. The molecular weight excluding hydrogens is 507 g/mol. The fraction of sp³-hybridized carbons (Fsp3) is 0.650. The molecule has 172 valence electrons. The zero-order valence-corrected chi connectivity index (χ0v) is 20.3. The van der Waals surface area contributed by atoms with Crippen LogP contribution in [0.3, 0.4) is 0 Å². The van der Waals surface area contributed by atoms with E-state index in [1.165, 1.54) is 0 Å². The summed E-state index contributed by atoms with van der Waals surface area (Å²) in [7, 11) is 3.74.